The van der Waals surface area contributed by atoms with E-state index in [0.717, 1.165) is 36.3 Å². The molecule has 0 radical (unpaired) electrons. The molecule has 0 spiro atoms. The number of nitrogens with one attached hydrogen (secondary N) is 1. The molecule has 6 nitrogen and oxygen atoms in total. The zero-order chi connectivity index (χ0) is 17.2. The Morgan fingerprint density at radius 2 is 1.84 bits per heavy atom. The van der Waals surface area contributed by atoms with Gasteiger partial charge in [0.2, 0.25) is 0 Å². The van der Waals surface area contributed by atoms with Gasteiger partial charge in [0.25, 0.3) is 5.91 Å². The molecule has 0 saturated heterocycles. The highest BCUT2D eigenvalue weighted by Crippen LogP contribution is 2.36. The van der Waals surface area contributed by atoms with E-state index in [4.69, 9.17) is 0 Å². The third-order valence-electron chi connectivity index (χ3n) is 4.41. The van der Waals surface area contributed by atoms with Crippen LogP contribution in [-0.4, -0.2) is 26.1 Å². The van der Waals surface area contributed by atoms with E-state index >= 15 is 0 Å². The number of amides is 1. The van der Waals surface area contributed by atoms with E-state index in [1.165, 1.54) is 5.56 Å². The van der Waals surface area contributed by atoms with Gasteiger partial charge in [-0.1, -0.05) is 19.1 Å². The number of aromatic nitrogens is 4. The van der Waals surface area contributed by atoms with Crippen LogP contribution in [0.3, 0.4) is 0 Å². The van der Waals surface area contributed by atoms with E-state index in [2.05, 4.69) is 27.8 Å². The van der Waals surface area contributed by atoms with Gasteiger partial charge in [-0.05, 0) is 71.7 Å². The van der Waals surface area contributed by atoms with E-state index in [0.29, 0.717) is 11.6 Å². The molecular formula is C19H19N5O. The Kier molecular flexibility index (Phi) is 4.01. The van der Waals surface area contributed by atoms with Gasteiger partial charge in [0, 0.05) is 16.8 Å². The second-order valence-electron chi connectivity index (χ2n) is 6.26. The van der Waals surface area contributed by atoms with Crippen molar-refractivity contribution >= 4 is 11.6 Å². The summed E-state index contributed by atoms with van der Waals surface area (Å²) in [6.45, 7) is 2.09. The fourth-order valence-corrected chi connectivity index (χ4v) is 2.75. The summed E-state index contributed by atoms with van der Waals surface area (Å²) in [7, 11) is 0. The minimum Gasteiger partial charge on any atom is -0.322 e. The van der Waals surface area contributed by atoms with Crippen LogP contribution >= 0.6 is 0 Å². The fraction of sp³-hybridized carbons (Fsp3) is 0.263. The maximum Gasteiger partial charge on any atom is 0.255 e. The molecule has 6 heteroatoms. The monoisotopic (exact) mass is 333 g/mol. The molecule has 1 N–H and O–H groups in total. The minimum absolute atomic E-state index is 0.113. The number of nitrogens with zero attached hydrogens (tertiary/aromatic N) is 4. The molecule has 3 aromatic rings. The molecular weight excluding hydrogens is 314 g/mol. The number of hydrogen-bond donors (Lipinski definition) is 1. The molecule has 1 fully saturated rings. The molecule has 25 heavy (non-hydrogen) atoms. The number of hydrogen-bond acceptors (Lipinski definition) is 4. The summed E-state index contributed by atoms with van der Waals surface area (Å²) in [5, 5.41) is 14.9. The van der Waals surface area contributed by atoms with Gasteiger partial charge in [-0.2, -0.15) is 0 Å². The zero-order valence-electron chi connectivity index (χ0n) is 14.0. The quantitative estimate of drug-likeness (QED) is 0.776. The van der Waals surface area contributed by atoms with E-state index in [-0.39, 0.29) is 5.91 Å². The van der Waals surface area contributed by atoms with Gasteiger partial charge >= 0.3 is 0 Å². The van der Waals surface area contributed by atoms with Crippen molar-refractivity contribution in [1.29, 1.82) is 0 Å². The van der Waals surface area contributed by atoms with Gasteiger partial charge in [-0.3, -0.25) is 4.79 Å². The van der Waals surface area contributed by atoms with Crippen LogP contribution in [0.2, 0.25) is 0 Å². The van der Waals surface area contributed by atoms with E-state index in [1.807, 2.05) is 53.2 Å². The van der Waals surface area contributed by atoms with Crippen LogP contribution in [-0.2, 0) is 6.42 Å². The van der Waals surface area contributed by atoms with Crippen molar-refractivity contribution in [3.8, 4) is 11.4 Å². The molecule has 0 atom stereocenters. The summed E-state index contributed by atoms with van der Waals surface area (Å²) < 4.78 is 1.88. The summed E-state index contributed by atoms with van der Waals surface area (Å²) >= 11 is 0. The average molecular weight is 333 g/mol. The van der Waals surface area contributed by atoms with Gasteiger partial charge in [-0.15, -0.1) is 5.10 Å². The Labute approximate surface area is 145 Å². The van der Waals surface area contributed by atoms with Gasteiger partial charge in [0.15, 0.2) is 5.82 Å². The lowest BCUT2D eigenvalue weighted by molar-refractivity contribution is 0.102. The van der Waals surface area contributed by atoms with Gasteiger partial charge in [0.1, 0.15) is 0 Å². The molecule has 0 aliphatic heterocycles. The molecule has 4 rings (SSSR count). The molecule has 0 unspecified atom stereocenters. The van der Waals surface area contributed by atoms with Crippen molar-refractivity contribution in [3.05, 3.63) is 59.7 Å². The number of aryl methyl sites for hydroxylation is 1. The lowest BCUT2D eigenvalue weighted by atomic mass is 10.1. The van der Waals surface area contributed by atoms with Crippen LogP contribution in [0.25, 0.3) is 11.4 Å². The SMILES string of the molecule is CCc1ccc(C(=O)Nc2ccc(-c3nnnn3C3CC3)cc2)cc1. The highest BCUT2D eigenvalue weighted by atomic mass is 16.1. The predicted molar refractivity (Wildman–Crippen MR) is 95.3 cm³/mol. The van der Waals surface area contributed by atoms with Crippen molar-refractivity contribution in [3.63, 3.8) is 0 Å². The van der Waals surface area contributed by atoms with E-state index in [1.54, 1.807) is 0 Å². The van der Waals surface area contributed by atoms with Crippen molar-refractivity contribution in [2.75, 3.05) is 5.32 Å². The van der Waals surface area contributed by atoms with Crippen LogP contribution in [0.5, 0.6) is 0 Å². The van der Waals surface area contributed by atoms with Crippen molar-refractivity contribution in [1.82, 2.24) is 20.2 Å². The maximum absolute atomic E-state index is 12.3. The number of tetrazole rings is 1. The number of carbonyl (C=O) groups is 1. The number of benzene rings is 2. The zero-order valence-corrected chi connectivity index (χ0v) is 14.0. The summed E-state index contributed by atoms with van der Waals surface area (Å²) in [6, 6.07) is 15.7. The minimum atomic E-state index is -0.113. The standard InChI is InChI=1S/C19H19N5O/c1-2-13-3-5-15(6-4-13)19(25)20-16-9-7-14(8-10-16)18-21-22-23-24(18)17-11-12-17/h3-10,17H,2,11-12H2,1H3,(H,20,25). The summed E-state index contributed by atoms with van der Waals surface area (Å²) in [5.41, 5.74) is 3.56. The average Bonchev–Trinajstić information content (AvgIpc) is 3.39. The van der Waals surface area contributed by atoms with E-state index < -0.39 is 0 Å². The Bertz CT molecular complexity index is 879. The molecule has 1 saturated carbocycles. The number of rotatable bonds is 5. The van der Waals surface area contributed by atoms with Crippen LogP contribution in [0.1, 0.15) is 41.7 Å². The highest BCUT2D eigenvalue weighted by molar-refractivity contribution is 6.04. The first-order chi connectivity index (χ1) is 12.2. The van der Waals surface area contributed by atoms with Crippen LogP contribution in [0.4, 0.5) is 5.69 Å². The van der Waals surface area contributed by atoms with Gasteiger partial charge in [0.05, 0.1) is 6.04 Å². The lowest BCUT2D eigenvalue weighted by Crippen LogP contribution is -2.11. The molecule has 2 aromatic carbocycles. The number of anilines is 1. The molecule has 1 aromatic heterocycles. The summed E-state index contributed by atoms with van der Waals surface area (Å²) in [5.74, 6) is 0.661. The van der Waals surface area contributed by atoms with E-state index in [9.17, 15) is 4.79 Å². The smallest absolute Gasteiger partial charge is 0.255 e. The highest BCUT2D eigenvalue weighted by Gasteiger charge is 2.28. The molecule has 1 amide bonds. The van der Waals surface area contributed by atoms with Crippen LogP contribution in [0, 0.1) is 0 Å². The fourth-order valence-electron chi connectivity index (χ4n) is 2.75. The maximum atomic E-state index is 12.3. The summed E-state index contributed by atoms with van der Waals surface area (Å²) in [4.78, 5) is 12.3. The second-order valence-corrected chi connectivity index (χ2v) is 6.26. The molecule has 1 aliphatic rings. The Balaban J connectivity index is 1.48. The number of carbonyl (C=O) groups excluding carboxylic acids is 1. The topological polar surface area (TPSA) is 72.7 Å². The summed E-state index contributed by atoms with van der Waals surface area (Å²) in [6.07, 6.45) is 3.22. The van der Waals surface area contributed by atoms with Gasteiger partial charge in [-0.25, -0.2) is 4.68 Å². The van der Waals surface area contributed by atoms with Crippen molar-refractivity contribution < 1.29 is 4.79 Å². The largest absolute Gasteiger partial charge is 0.322 e. The Morgan fingerprint density at radius 3 is 2.48 bits per heavy atom. The van der Waals surface area contributed by atoms with Crippen LogP contribution in [0.15, 0.2) is 48.5 Å². The molecule has 126 valence electrons. The molecule has 1 aliphatic carbocycles. The lowest BCUT2D eigenvalue weighted by Gasteiger charge is -2.07. The van der Waals surface area contributed by atoms with Crippen LogP contribution < -0.4 is 5.32 Å². The molecule has 1 heterocycles. The first-order valence-corrected chi connectivity index (χ1v) is 8.53. The van der Waals surface area contributed by atoms with Crippen molar-refractivity contribution in [2.45, 2.75) is 32.2 Å². The third kappa shape index (κ3) is 3.28. The first kappa shape index (κ1) is 15.5. The van der Waals surface area contributed by atoms with Crippen molar-refractivity contribution in [2.24, 2.45) is 0 Å². The second kappa shape index (κ2) is 6.47. The Hall–Kier alpha value is -3.02. The molecule has 0 bridgehead atoms. The third-order valence-corrected chi connectivity index (χ3v) is 4.41. The first-order valence-electron chi connectivity index (χ1n) is 8.53. The van der Waals surface area contributed by atoms with Gasteiger partial charge < -0.3 is 5.32 Å². The normalized spacial score (nSPS) is 13.6. The predicted octanol–water partition coefficient (Wildman–Crippen LogP) is 3.49. The Morgan fingerprint density at radius 1 is 1.12 bits per heavy atom.